The molecule has 0 fully saturated rings. The first kappa shape index (κ1) is 17.7. The molecule has 1 N–H and O–H groups in total. The van der Waals surface area contributed by atoms with Gasteiger partial charge in [0.1, 0.15) is 5.69 Å². The third kappa shape index (κ3) is 3.45. The number of benzene rings is 1. The number of hydrogen-bond acceptors (Lipinski definition) is 3. The van der Waals surface area contributed by atoms with E-state index in [-0.39, 0.29) is 5.41 Å². The molecule has 0 saturated heterocycles. The Morgan fingerprint density at radius 1 is 0.963 bits per heavy atom. The Kier molecular flexibility index (Phi) is 4.23. The summed E-state index contributed by atoms with van der Waals surface area (Å²) in [6, 6.07) is 12.3. The molecule has 4 rings (SSSR count). The second kappa shape index (κ2) is 6.46. The number of imidazole rings is 1. The third-order valence-corrected chi connectivity index (χ3v) is 4.88. The Hall–Kier alpha value is -2.72. The van der Waals surface area contributed by atoms with Gasteiger partial charge in [-0.05, 0) is 53.8 Å². The van der Waals surface area contributed by atoms with Gasteiger partial charge in [0.05, 0.1) is 21.7 Å². The van der Waals surface area contributed by atoms with Gasteiger partial charge in [-0.2, -0.15) is 0 Å². The topological polar surface area (TPSA) is 54.5 Å². The average molecular weight is 377 g/mol. The van der Waals surface area contributed by atoms with E-state index >= 15 is 0 Å². The summed E-state index contributed by atoms with van der Waals surface area (Å²) in [6.07, 6.45) is 3.48. The smallest absolute Gasteiger partial charge is 0.157 e. The van der Waals surface area contributed by atoms with Crippen LogP contribution in [0.2, 0.25) is 5.02 Å². The molecular weight excluding hydrogens is 356 g/mol. The van der Waals surface area contributed by atoms with E-state index in [4.69, 9.17) is 11.6 Å². The van der Waals surface area contributed by atoms with Crippen molar-refractivity contribution in [1.82, 2.24) is 19.9 Å². The maximum absolute atomic E-state index is 6.00. The van der Waals surface area contributed by atoms with Crippen LogP contribution in [-0.2, 0) is 5.41 Å². The summed E-state index contributed by atoms with van der Waals surface area (Å²) in [6.45, 7) is 8.61. The molecule has 0 radical (unpaired) electrons. The van der Waals surface area contributed by atoms with Crippen molar-refractivity contribution in [2.75, 3.05) is 0 Å². The first-order chi connectivity index (χ1) is 12.8. The van der Waals surface area contributed by atoms with Crippen molar-refractivity contribution < 1.29 is 0 Å². The average Bonchev–Trinajstić information content (AvgIpc) is 3.04. The zero-order chi connectivity index (χ0) is 19.2. The molecule has 3 heterocycles. The monoisotopic (exact) mass is 376 g/mol. The second-order valence-corrected chi connectivity index (χ2v) is 8.25. The summed E-state index contributed by atoms with van der Waals surface area (Å²) < 4.78 is 0. The van der Waals surface area contributed by atoms with E-state index in [0.717, 1.165) is 39.4 Å². The molecule has 4 nitrogen and oxygen atoms in total. The van der Waals surface area contributed by atoms with E-state index in [2.05, 4.69) is 58.9 Å². The number of rotatable bonds is 2. The van der Waals surface area contributed by atoms with Gasteiger partial charge >= 0.3 is 0 Å². The first-order valence-corrected chi connectivity index (χ1v) is 9.28. The number of fused-ring (bicyclic) bond motifs is 1. The molecule has 0 amide bonds. The molecule has 0 aliphatic heterocycles. The number of aryl methyl sites for hydroxylation is 1. The van der Waals surface area contributed by atoms with Gasteiger partial charge in [-0.1, -0.05) is 38.4 Å². The van der Waals surface area contributed by atoms with Crippen molar-refractivity contribution in [3.63, 3.8) is 0 Å². The summed E-state index contributed by atoms with van der Waals surface area (Å²) in [5.74, 6) is 0.767. The summed E-state index contributed by atoms with van der Waals surface area (Å²) in [7, 11) is 0. The third-order valence-electron chi connectivity index (χ3n) is 4.67. The fourth-order valence-corrected chi connectivity index (χ4v) is 3.33. The van der Waals surface area contributed by atoms with E-state index in [1.807, 2.05) is 31.3 Å². The summed E-state index contributed by atoms with van der Waals surface area (Å²) in [5, 5.41) is 0.637. The van der Waals surface area contributed by atoms with Crippen molar-refractivity contribution in [3.8, 4) is 22.8 Å². The zero-order valence-corrected chi connectivity index (χ0v) is 16.6. The SMILES string of the molecule is Cc1cc(Cl)cnc1-c1ccc(-c2nc3ccc(C(C)(C)C)cc3[nH]2)nc1. The lowest BCUT2D eigenvalue weighted by atomic mass is 9.87. The van der Waals surface area contributed by atoms with E-state index in [9.17, 15) is 0 Å². The Balaban J connectivity index is 1.69. The molecule has 3 aromatic heterocycles. The van der Waals surface area contributed by atoms with Gasteiger partial charge in [-0.25, -0.2) is 4.98 Å². The molecule has 27 heavy (non-hydrogen) atoms. The van der Waals surface area contributed by atoms with Crippen molar-refractivity contribution in [3.05, 3.63) is 64.9 Å². The van der Waals surface area contributed by atoms with Crippen molar-refractivity contribution in [2.45, 2.75) is 33.1 Å². The molecule has 136 valence electrons. The Bertz CT molecular complexity index is 1120. The normalized spacial score (nSPS) is 11.9. The highest BCUT2D eigenvalue weighted by Gasteiger charge is 2.15. The molecule has 0 bridgehead atoms. The zero-order valence-electron chi connectivity index (χ0n) is 15.8. The number of pyridine rings is 2. The van der Waals surface area contributed by atoms with Gasteiger partial charge in [0, 0.05) is 18.0 Å². The van der Waals surface area contributed by atoms with Crippen LogP contribution in [0.5, 0.6) is 0 Å². The van der Waals surface area contributed by atoms with Gasteiger partial charge in [-0.15, -0.1) is 0 Å². The van der Waals surface area contributed by atoms with E-state index in [1.54, 1.807) is 6.20 Å². The molecule has 0 spiro atoms. The van der Waals surface area contributed by atoms with Gasteiger partial charge in [-0.3, -0.25) is 9.97 Å². The predicted molar refractivity (Wildman–Crippen MR) is 111 cm³/mol. The quantitative estimate of drug-likeness (QED) is 0.470. The first-order valence-electron chi connectivity index (χ1n) is 8.90. The Morgan fingerprint density at radius 3 is 2.44 bits per heavy atom. The van der Waals surface area contributed by atoms with Gasteiger partial charge in [0.25, 0.3) is 0 Å². The van der Waals surface area contributed by atoms with Crippen molar-refractivity contribution in [1.29, 1.82) is 0 Å². The minimum absolute atomic E-state index is 0.100. The van der Waals surface area contributed by atoms with Crippen LogP contribution in [0, 0.1) is 6.92 Å². The van der Waals surface area contributed by atoms with E-state index in [0.29, 0.717) is 5.02 Å². The van der Waals surface area contributed by atoms with Crippen LogP contribution in [0.1, 0.15) is 31.9 Å². The largest absolute Gasteiger partial charge is 0.337 e. The van der Waals surface area contributed by atoms with Crippen LogP contribution >= 0.6 is 11.6 Å². The van der Waals surface area contributed by atoms with Crippen LogP contribution in [-0.4, -0.2) is 19.9 Å². The van der Waals surface area contributed by atoms with Crippen molar-refractivity contribution in [2.24, 2.45) is 0 Å². The fraction of sp³-hybridized carbons (Fsp3) is 0.227. The number of aromatic amines is 1. The van der Waals surface area contributed by atoms with E-state index in [1.165, 1.54) is 5.56 Å². The summed E-state index contributed by atoms with van der Waals surface area (Å²) in [5.41, 5.74) is 7.02. The number of nitrogens with zero attached hydrogens (tertiary/aromatic N) is 3. The van der Waals surface area contributed by atoms with E-state index < -0.39 is 0 Å². The molecule has 5 heteroatoms. The summed E-state index contributed by atoms with van der Waals surface area (Å²) in [4.78, 5) is 17.1. The highest BCUT2D eigenvalue weighted by Crippen LogP contribution is 2.28. The molecule has 0 atom stereocenters. The summed E-state index contributed by atoms with van der Waals surface area (Å²) >= 11 is 6.00. The number of H-pyrrole nitrogens is 1. The number of hydrogen-bond donors (Lipinski definition) is 1. The van der Waals surface area contributed by atoms with Gasteiger partial charge < -0.3 is 4.98 Å². The van der Waals surface area contributed by atoms with Gasteiger partial charge in [0.15, 0.2) is 5.82 Å². The lowest BCUT2D eigenvalue weighted by Gasteiger charge is -2.18. The molecule has 0 saturated carbocycles. The van der Waals surface area contributed by atoms with Crippen molar-refractivity contribution >= 4 is 22.6 Å². The van der Waals surface area contributed by atoms with Crippen LogP contribution in [0.3, 0.4) is 0 Å². The Labute approximate surface area is 163 Å². The molecule has 1 aromatic carbocycles. The van der Waals surface area contributed by atoms with Crippen LogP contribution in [0.15, 0.2) is 48.8 Å². The highest BCUT2D eigenvalue weighted by molar-refractivity contribution is 6.30. The number of aromatic nitrogens is 4. The number of nitrogens with one attached hydrogen (secondary N) is 1. The molecule has 4 aromatic rings. The fourth-order valence-electron chi connectivity index (χ4n) is 3.11. The minimum atomic E-state index is 0.100. The van der Waals surface area contributed by atoms with Gasteiger partial charge in [0.2, 0.25) is 0 Å². The standard InChI is InChI=1S/C22H21ClN4/c1-13-9-16(23)12-25-20(13)14-5-7-18(24-11-14)21-26-17-8-6-15(22(2,3)4)10-19(17)27-21/h5-12H,1-4H3,(H,26,27). The minimum Gasteiger partial charge on any atom is -0.337 e. The molecule has 0 unspecified atom stereocenters. The molecule has 0 aliphatic carbocycles. The molecular formula is C22H21ClN4. The highest BCUT2D eigenvalue weighted by atomic mass is 35.5. The lowest BCUT2D eigenvalue weighted by Crippen LogP contribution is -2.10. The Morgan fingerprint density at radius 2 is 1.78 bits per heavy atom. The molecule has 0 aliphatic rings. The predicted octanol–water partition coefficient (Wildman–Crippen LogP) is 5.95. The lowest BCUT2D eigenvalue weighted by molar-refractivity contribution is 0.591. The maximum Gasteiger partial charge on any atom is 0.157 e. The van der Waals surface area contributed by atoms with Crippen LogP contribution in [0.25, 0.3) is 33.8 Å². The second-order valence-electron chi connectivity index (χ2n) is 7.82. The van der Waals surface area contributed by atoms with Crippen LogP contribution < -0.4 is 0 Å². The maximum atomic E-state index is 6.00. The van der Waals surface area contributed by atoms with Crippen LogP contribution in [0.4, 0.5) is 0 Å². The number of halogens is 1.